The van der Waals surface area contributed by atoms with E-state index in [1.807, 2.05) is 24.4 Å². The smallest absolute Gasteiger partial charge is 0.137 e. The number of hydrogen-bond donors (Lipinski definition) is 2. The maximum atomic E-state index is 4.51. The summed E-state index contributed by atoms with van der Waals surface area (Å²) in [5.41, 5.74) is 4.68. The van der Waals surface area contributed by atoms with Crippen LogP contribution >= 0.6 is 0 Å². The zero-order chi connectivity index (χ0) is 14.8. The monoisotopic (exact) mass is 289 g/mol. The summed E-state index contributed by atoms with van der Waals surface area (Å²) in [5, 5.41) is 3.56. The third-order valence-electron chi connectivity index (χ3n) is 4.03. The van der Waals surface area contributed by atoms with Crippen LogP contribution in [0, 0.1) is 0 Å². The highest BCUT2D eigenvalue weighted by molar-refractivity contribution is 5.64. The lowest BCUT2D eigenvalue weighted by Crippen LogP contribution is -2.15. The van der Waals surface area contributed by atoms with Gasteiger partial charge in [-0.1, -0.05) is 48.5 Å². The number of aromatic nitrogens is 2. The first-order valence-corrected chi connectivity index (χ1v) is 7.81. The van der Waals surface area contributed by atoms with Crippen molar-refractivity contribution in [2.75, 3.05) is 0 Å². The van der Waals surface area contributed by atoms with E-state index in [0.29, 0.717) is 0 Å². The molecule has 2 N–H and O–H groups in total. The van der Waals surface area contributed by atoms with Crippen LogP contribution in [-0.2, 0) is 6.54 Å². The van der Waals surface area contributed by atoms with Gasteiger partial charge in [-0.3, -0.25) is 0 Å². The molecule has 0 bridgehead atoms. The standard InChI is InChI=1S/C19H19N3/c1-2-6-15(7-3-1)19-21-13-18(22-19)16-8-4-5-14(11-16)12-20-17-9-10-17/h1-8,11,13,17,20H,9-10,12H2,(H,21,22). The maximum Gasteiger partial charge on any atom is 0.137 e. The fourth-order valence-corrected chi connectivity index (χ4v) is 2.61. The van der Waals surface area contributed by atoms with E-state index >= 15 is 0 Å². The minimum Gasteiger partial charge on any atom is -0.338 e. The Hall–Kier alpha value is -2.39. The Bertz CT molecular complexity index is 757. The van der Waals surface area contributed by atoms with Gasteiger partial charge < -0.3 is 10.3 Å². The van der Waals surface area contributed by atoms with Crippen LogP contribution in [0.25, 0.3) is 22.6 Å². The zero-order valence-electron chi connectivity index (χ0n) is 12.4. The minimum atomic E-state index is 0.737. The third-order valence-corrected chi connectivity index (χ3v) is 4.03. The van der Waals surface area contributed by atoms with Gasteiger partial charge >= 0.3 is 0 Å². The lowest BCUT2D eigenvalue weighted by atomic mass is 10.1. The summed E-state index contributed by atoms with van der Waals surface area (Å²) >= 11 is 0. The van der Waals surface area contributed by atoms with Crippen molar-refractivity contribution in [1.29, 1.82) is 0 Å². The maximum absolute atomic E-state index is 4.51. The lowest BCUT2D eigenvalue weighted by molar-refractivity contribution is 0.688. The molecule has 3 heteroatoms. The van der Waals surface area contributed by atoms with E-state index < -0.39 is 0 Å². The van der Waals surface area contributed by atoms with Crippen LogP contribution in [0.4, 0.5) is 0 Å². The number of hydrogen-bond acceptors (Lipinski definition) is 2. The largest absolute Gasteiger partial charge is 0.338 e. The van der Waals surface area contributed by atoms with E-state index in [1.54, 1.807) is 0 Å². The third kappa shape index (κ3) is 2.95. The van der Waals surface area contributed by atoms with Gasteiger partial charge in [0.05, 0.1) is 11.9 Å². The minimum absolute atomic E-state index is 0.737. The van der Waals surface area contributed by atoms with Crippen molar-refractivity contribution in [1.82, 2.24) is 15.3 Å². The molecule has 0 unspecified atom stereocenters. The fraction of sp³-hybridized carbons (Fsp3) is 0.211. The summed E-state index contributed by atoms with van der Waals surface area (Å²) in [7, 11) is 0. The van der Waals surface area contributed by atoms with Gasteiger partial charge in [-0.2, -0.15) is 0 Å². The normalized spacial score (nSPS) is 14.2. The predicted octanol–water partition coefficient (Wildman–Crippen LogP) is 4.00. The van der Waals surface area contributed by atoms with Crippen LogP contribution in [0.2, 0.25) is 0 Å². The summed E-state index contributed by atoms with van der Waals surface area (Å²) in [4.78, 5) is 7.92. The van der Waals surface area contributed by atoms with Gasteiger partial charge in [0.2, 0.25) is 0 Å². The number of benzene rings is 2. The molecule has 110 valence electrons. The predicted molar refractivity (Wildman–Crippen MR) is 89.3 cm³/mol. The Labute approximate surface area is 130 Å². The van der Waals surface area contributed by atoms with E-state index in [2.05, 4.69) is 51.7 Å². The second-order valence-corrected chi connectivity index (χ2v) is 5.87. The second-order valence-electron chi connectivity index (χ2n) is 5.87. The molecule has 3 aromatic rings. The Morgan fingerprint density at radius 1 is 1.00 bits per heavy atom. The summed E-state index contributed by atoms with van der Waals surface area (Å²) in [6.45, 7) is 0.943. The molecule has 1 saturated carbocycles. The molecule has 0 amide bonds. The van der Waals surface area contributed by atoms with Gasteiger partial charge in [0.1, 0.15) is 5.82 Å². The highest BCUT2D eigenvalue weighted by atomic mass is 14.9. The number of aromatic amines is 1. The van der Waals surface area contributed by atoms with Crippen LogP contribution in [0.15, 0.2) is 60.8 Å². The Kier molecular flexibility index (Phi) is 3.49. The molecule has 1 aliphatic carbocycles. The highest BCUT2D eigenvalue weighted by Gasteiger charge is 2.19. The number of H-pyrrole nitrogens is 1. The molecule has 1 fully saturated rings. The van der Waals surface area contributed by atoms with E-state index in [4.69, 9.17) is 0 Å². The molecule has 22 heavy (non-hydrogen) atoms. The van der Waals surface area contributed by atoms with Crippen LogP contribution in [0.3, 0.4) is 0 Å². The van der Waals surface area contributed by atoms with Crippen LogP contribution in [0.5, 0.6) is 0 Å². The molecule has 0 aliphatic heterocycles. The Morgan fingerprint density at radius 2 is 1.82 bits per heavy atom. The molecule has 0 atom stereocenters. The van der Waals surface area contributed by atoms with Crippen LogP contribution in [-0.4, -0.2) is 16.0 Å². The molecule has 0 radical (unpaired) electrons. The van der Waals surface area contributed by atoms with Crippen molar-refractivity contribution in [3.63, 3.8) is 0 Å². The summed E-state index contributed by atoms with van der Waals surface area (Å²) < 4.78 is 0. The van der Waals surface area contributed by atoms with Crippen LogP contribution in [0.1, 0.15) is 18.4 Å². The average Bonchev–Trinajstić information content (AvgIpc) is 3.28. The summed E-state index contributed by atoms with van der Waals surface area (Å²) in [6.07, 6.45) is 4.55. The van der Waals surface area contributed by atoms with Gasteiger partial charge in [0.25, 0.3) is 0 Å². The molecule has 2 aromatic carbocycles. The molecule has 1 heterocycles. The van der Waals surface area contributed by atoms with Crippen molar-refractivity contribution in [3.05, 3.63) is 66.4 Å². The van der Waals surface area contributed by atoms with Gasteiger partial charge in [-0.25, -0.2) is 4.98 Å². The van der Waals surface area contributed by atoms with E-state index in [-0.39, 0.29) is 0 Å². The summed E-state index contributed by atoms with van der Waals surface area (Å²) in [5.74, 6) is 0.914. The molecule has 0 saturated heterocycles. The van der Waals surface area contributed by atoms with Gasteiger partial charge in [-0.15, -0.1) is 0 Å². The average molecular weight is 289 g/mol. The summed E-state index contributed by atoms with van der Waals surface area (Å²) in [6, 6.07) is 19.6. The van der Waals surface area contributed by atoms with E-state index in [9.17, 15) is 0 Å². The molecule has 3 nitrogen and oxygen atoms in total. The number of nitrogens with one attached hydrogen (secondary N) is 2. The van der Waals surface area contributed by atoms with E-state index in [1.165, 1.54) is 24.0 Å². The quantitative estimate of drug-likeness (QED) is 0.745. The first-order valence-electron chi connectivity index (χ1n) is 7.81. The molecule has 1 aliphatic rings. The first kappa shape index (κ1) is 13.3. The molecular weight excluding hydrogens is 270 g/mol. The second kappa shape index (κ2) is 5.78. The van der Waals surface area contributed by atoms with Crippen molar-refractivity contribution in [2.45, 2.75) is 25.4 Å². The molecule has 1 aromatic heterocycles. The van der Waals surface area contributed by atoms with Crippen molar-refractivity contribution in [3.8, 4) is 22.6 Å². The Morgan fingerprint density at radius 3 is 2.64 bits per heavy atom. The van der Waals surface area contributed by atoms with Gasteiger partial charge in [0, 0.05) is 18.2 Å². The SMILES string of the molecule is c1ccc(-c2ncc(-c3cccc(CNC4CC4)c3)[nH]2)cc1. The van der Waals surface area contributed by atoms with Crippen molar-refractivity contribution < 1.29 is 0 Å². The topological polar surface area (TPSA) is 40.7 Å². The van der Waals surface area contributed by atoms with Gasteiger partial charge in [0.15, 0.2) is 0 Å². The molecule has 0 spiro atoms. The molecular formula is C19H19N3. The van der Waals surface area contributed by atoms with Crippen molar-refractivity contribution in [2.24, 2.45) is 0 Å². The van der Waals surface area contributed by atoms with Crippen molar-refractivity contribution >= 4 is 0 Å². The van der Waals surface area contributed by atoms with Gasteiger partial charge in [-0.05, 0) is 30.0 Å². The highest BCUT2D eigenvalue weighted by Crippen LogP contribution is 2.23. The Balaban J connectivity index is 1.56. The van der Waals surface area contributed by atoms with Crippen LogP contribution < -0.4 is 5.32 Å². The first-order chi connectivity index (χ1) is 10.9. The molecule has 4 rings (SSSR count). The number of imidazole rings is 1. The number of nitrogens with zero attached hydrogens (tertiary/aromatic N) is 1. The number of rotatable bonds is 5. The fourth-order valence-electron chi connectivity index (χ4n) is 2.61. The zero-order valence-corrected chi connectivity index (χ0v) is 12.4. The van der Waals surface area contributed by atoms with E-state index in [0.717, 1.165) is 29.7 Å². The lowest BCUT2D eigenvalue weighted by Gasteiger charge is -2.05.